The Balaban J connectivity index is 1.71. The number of hydrogen-bond donors (Lipinski definition) is 1. The highest BCUT2D eigenvalue weighted by Crippen LogP contribution is 2.26. The number of fused-ring (bicyclic) bond motifs is 1. The average molecular weight is 332 g/mol. The molecular weight excluding hydrogens is 318 g/mol. The molecule has 2 heterocycles. The van der Waals surface area contributed by atoms with Gasteiger partial charge in [-0.1, -0.05) is 17.7 Å². The van der Waals surface area contributed by atoms with E-state index in [0.717, 1.165) is 10.3 Å². The minimum Gasteiger partial charge on any atom is -0.324 e. The standard InChI is InChI=1S/C16H14ClN3O3/c17-11-8-10-2-1-6-18-16(10)12(9-11)19-13(21)5-7-20-14(22)3-4-15(20)23/h1-2,6,8-9H,3-5,7H2,(H,19,21). The van der Waals surface area contributed by atoms with Crippen molar-refractivity contribution < 1.29 is 14.4 Å². The Kier molecular flexibility index (Phi) is 4.25. The molecular formula is C16H14ClN3O3. The van der Waals surface area contributed by atoms with Crippen LogP contribution in [-0.4, -0.2) is 34.2 Å². The van der Waals surface area contributed by atoms with E-state index in [9.17, 15) is 14.4 Å². The maximum atomic E-state index is 12.1. The van der Waals surface area contributed by atoms with E-state index in [1.54, 1.807) is 24.4 Å². The molecule has 1 saturated heterocycles. The van der Waals surface area contributed by atoms with Crippen molar-refractivity contribution in [2.75, 3.05) is 11.9 Å². The van der Waals surface area contributed by atoms with Gasteiger partial charge in [0.15, 0.2) is 0 Å². The van der Waals surface area contributed by atoms with E-state index < -0.39 is 0 Å². The van der Waals surface area contributed by atoms with Crippen molar-refractivity contribution in [3.05, 3.63) is 35.5 Å². The lowest BCUT2D eigenvalue weighted by molar-refractivity contribution is -0.138. The first-order chi connectivity index (χ1) is 11.0. The highest BCUT2D eigenvalue weighted by Gasteiger charge is 2.28. The van der Waals surface area contributed by atoms with Gasteiger partial charge in [-0.05, 0) is 18.2 Å². The number of likely N-dealkylation sites (tertiary alicyclic amines) is 1. The molecule has 118 valence electrons. The first-order valence-electron chi connectivity index (χ1n) is 7.22. The minimum atomic E-state index is -0.299. The maximum absolute atomic E-state index is 12.1. The lowest BCUT2D eigenvalue weighted by Gasteiger charge is -2.14. The Morgan fingerprint density at radius 2 is 2.00 bits per heavy atom. The van der Waals surface area contributed by atoms with Crippen LogP contribution in [0.2, 0.25) is 5.02 Å². The van der Waals surface area contributed by atoms with E-state index >= 15 is 0 Å². The summed E-state index contributed by atoms with van der Waals surface area (Å²) in [5, 5.41) is 4.06. The van der Waals surface area contributed by atoms with Crippen molar-refractivity contribution in [2.45, 2.75) is 19.3 Å². The third kappa shape index (κ3) is 3.32. The van der Waals surface area contributed by atoms with Crippen molar-refractivity contribution in [1.82, 2.24) is 9.88 Å². The van der Waals surface area contributed by atoms with Gasteiger partial charge in [0.05, 0.1) is 11.2 Å². The predicted molar refractivity (Wildman–Crippen MR) is 86.0 cm³/mol. The van der Waals surface area contributed by atoms with Gasteiger partial charge in [0.25, 0.3) is 0 Å². The summed E-state index contributed by atoms with van der Waals surface area (Å²) in [6.45, 7) is 0.0927. The lowest BCUT2D eigenvalue weighted by atomic mass is 10.2. The van der Waals surface area contributed by atoms with Gasteiger partial charge in [0, 0.05) is 42.4 Å². The zero-order chi connectivity index (χ0) is 16.4. The fourth-order valence-corrected chi connectivity index (χ4v) is 2.78. The topological polar surface area (TPSA) is 79.4 Å². The van der Waals surface area contributed by atoms with Gasteiger partial charge < -0.3 is 5.32 Å². The third-order valence-corrected chi connectivity index (χ3v) is 3.88. The molecule has 2 aromatic rings. The van der Waals surface area contributed by atoms with Crippen LogP contribution < -0.4 is 5.32 Å². The van der Waals surface area contributed by atoms with Gasteiger partial charge in [0.2, 0.25) is 17.7 Å². The highest BCUT2D eigenvalue weighted by atomic mass is 35.5. The molecule has 0 saturated carbocycles. The number of imide groups is 1. The minimum absolute atomic E-state index is 0.0400. The molecule has 3 rings (SSSR count). The Morgan fingerprint density at radius 1 is 1.26 bits per heavy atom. The number of anilines is 1. The SMILES string of the molecule is O=C(CCN1C(=O)CCC1=O)Nc1cc(Cl)cc2cccnc12. The molecule has 6 nitrogen and oxygen atoms in total. The number of aromatic nitrogens is 1. The van der Waals surface area contributed by atoms with Gasteiger partial charge in [-0.2, -0.15) is 0 Å². The second-order valence-corrected chi connectivity index (χ2v) is 5.70. The summed E-state index contributed by atoms with van der Waals surface area (Å²) < 4.78 is 0. The summed E-state index contributed by atoms with van der Waals surface area (Å²) >= 11 is 6.05. The zero-order valence-corrected chi connectivity index (χ0v) is 13.0. The van der Waals surface area contributed by atoms with Crippen LogP contribution in [0.3, 0.4) is 0 Å². The Hall–Kier alpha value is -2.47. The first-order valence-corrected chi connectivity index (χ1v) is 7.60. The van der Waals surface area contributed by atoms with Crippen molar-refractivity contribution in [1.29, 1.82) is 0 Å². The number of rotatable bonds is 4. The number of nitrogens with zero attached hydrogens (tertiary/aromatic N) is 2. The Morgan fingerprint density at radius 3 is 2.74 bits per heavy atom. The number of carbonyl (C=O) groups is 3. The number of benzene rings is 1. The molecule has 0 unspecified atom stereocenters. The summed E-state index contributed by atoms with van der Waals surface area (Å²) in [5.41, 5.74) is 1.15. The number of nitrogens with one attached hydrogen (secondary N) is 1. The lowest BCUT2D eigenvalue weighted by Crippen LogP contribution is -2.32. The van der Waals surface area contributed by atoms with Gasteiger partial charge in [0.1, 0.15) is 0 Å². The Labute approximate surface area is 137 Å². The molecule has 0 spiro atoms. The summed E-state index contributed by atoms with van der Waals surface area (Å²) in [6.07, 6.45) is 2.12. The smallest absolute Gasteiger partial charge is 0.229 e. The van der Waals surface area contributed by atoms with Crippen LogP contribution in [-0.2, 0) is 14.4 Å². The van der Waals surface area contributed by atoms with Crippen LogP contribution in [0.4, 0.5) is 5.69 Å². The summed E-state index contributed by atoms with van der Waals surface area (Å²) in [6, 6.07) is 7.03. The van der Waals surface area contributed by atoms with E-state index in [2.05, 4.69) is 10.3 Å². The van der Waals surface area contributed by atoms with E-state index in [4.69, 9.17) is 11.6 Å². The quantitative estimate of drug-likeness (QED) is 0.872. The molecule has 0 aliphatic carbocycles. The van der Waals surface area contributed by atoms with Crippen molar-refractivity contribution in [3.8, 4) is 0 Å². The van der Waals surface area contributed by atoms with Crippen molar-refractivity contribution in [2.24, 2.45) is 0 Å². The number of halogens is 1. The molecule has 1 aromatic carbocycles. The summed E-state index contributed by atoms with van der Waals surface area (Å²) in [5.74, 6) is -0.748. The molecule has 0 radical (unpaired) electrons. The Bertz CT molecular complexity index is 790. The summed E-state index contributed by atoms with van der Waals surface area (Å²) in [7, 11) is 0. The monoisotopic (exact) mass is 331 g/mol. The number of pyridine rings is 1. The van der Waals surface area contributed by atoms with Crippen molar-refractivity contribution in [3.63, 3.8) is 0 Å². The van der Waals surface area contributed by atoms with Crippen LogP contribution in [0.15, 0.2) is 30.5 Å². The number of hydrogen-bond acceptors (Lipinski definition) is 4. The van der Waals surface area contributed by atoms with E-state index in [0.29, 0.717) is 16.2 Å². The second kappa shape index (κ2) is 6.34. The molecule has 1 aliphatic heterocycles. The van der Waals surface area contributed by atoms with Crippen LogP contribution in [0, 0.1) is 0 Å². The van der Waals surface area contributed by atoms with Crippen LogP contribution in [0.1, 0.15) is 19.3 Å². The van der Waals surface area contributed by atoms with Crippen LogP contribution >= 0.6 is 11.6 Å². The van der Waals surface area contributed by atoms with E-state index in [-0.39, 0.29) is 43.5 Å². The molecule has 1 N–H and O–H groups in total. The number of carbonyl (C=O) groups excluding carboxylic acids is 3. The maximum Gasteiger partial charge on any atom is 0.229 e. The fraction of sp³-hybridized carbons (Fsp3) is 0.250. The van der Waals surface area contributed by atoms with E-state index in [1.807, 2.05) is 6.07 Å². The second-order valence-electron chi connectivity index (χ2n) is 5.27. The molecule has 7 heteroatoms. The predicted octanol–water partition coefficient (Wildman–Crippen LogP) is 2.37. The van der Waals surface area contributed by atoms with E-state index in [1.165, 1.54) is 0 Å². The molecule has 0 bridgehead atoms. The average Bonchev–Trinajstić information content (AvgIpc) is 2.84. The van der Waals surface area contributed by atoms with Gasteiger partial charge in [-0.3, -0.25) is 24.3 Å². The fourth-order valence-electron chi connectivity index (χ4n) is 2.55. The third-order valence-electron chi connectivity index (χ3n) is 3.66. The van der Waals surface area contributed by atoms with Gasteiger partial charge >= 0.3 is 0 Å². The molecule has 1 aromatic heterocycles. The van der Waals surface area contributed by atoms with Crippen molar-refractivity contribution >= 4 is 45.9 Å². The summed E-state index contributed by atoms with van der Waals surface area (Å²) in [4.78, 5) is 40.5. The number of amides is 3. The zero-order valence-electron chi connectivity index (χ0n) is 12.2. The largest absolute Gasteiger partial charge is 0.324 e. The highest BCUT2D eigenvalue weighted by molar-refractivity contribution is 6.32. The van der Waals surface area contributed by atoms with Gasteiger partial charge in [-0.15, -0.1) is 0 Å². The normalized spacial score (nSPS) is 14.6. The first kappa shape index (κ1) is 15.4. The van der Waals surface area contributed by atoms with Gasteiger partial charge in [-0.25, -0.2) is 0 Å². The molecule has 3 amide bonds. The van der Waals surface area contributed by atoms with Crippen LogP contribution in [0.25, 0.3) is 10.9 Å². The molecule has 1 fully saturated rings. The molecule has 0 atom stereocenters. The van der Waals surface area contributed by atoms with Crippen LogP contribution in [0.5, 0.6) is 0 Å². The molecule has 1 aliphatic rings. The molecule has 23 heavy (non-hydrogen) atoms.